The standard InChI is InChI=1S/C21H17FN2O6/c1-13(21(26)23-15-9-10-17(22)18(11-15)24(27)28)30-20(25)12-29-19-8-4-6-14-5-2-3-7-16(14)19/h2-11,13H,12H2,1H3,(H,23,26). The lowest BCUT2D eigenvalue weighted by Gasteiger charge is -2.14. The van der Waals surface area contributed by atoms with E-state index in [0.29, 0.717) is 5.75 Å². The first-order valence-corrected chi connectivity index (χ1v) is 8.90. The molecule has 0 aliphatic rings. The van der Waals surface area contributed by atoms with Crippen LogP contribution in [0, 0.1) is 15.9 Å². The van der Waals surface area contributed by atoms with Crippen LogP contribution in [0.4, 0.5) is 15.8 Å². The zero-order chi connectivity index (χ0) is 21.7. The topological polar surface area (TPSA) is 108 Å². The van der Waals surface area contributed by atoms with E-state index in [0.717, 1.165) is 22.9 Å². The van der Waals surface area contributed by atoms with Crippen LogP contribution in [0.3, 0.4) is 0 Å². The van der Waals surface area contributed by atoms with Crippen molar-refractivity contribution in [2.24, 2.45) is 0 Å². The number of esters is 1. The Hall–Kier alpha value is -4.01. The van der Waals surface area contributed by atoms with E-state index in [-0.39, 0.29) is 5.69 Å². The number of halogens is 1. The fourth-order valence-corrected chi connectivity index (χ4v) is 2.72. The summed E-state index contributed by atoms with van der Waals surface area (Å²) in [4.78, 5) is 34.1. The second-order valence-corrected chi connectivity index (χ2v) is 6.31. The lowest BCUT2D eigenvalue weighted by atomic mass is 10.1. The number of nitrogens with one attached hydrogen (secondary N) is 1. The number of ether oxygens (including phenoxy) is 2. The van der Waals surface area contributed by atoms with Gasteiger partial charge in [-0.2, -0.15) is 4.39 Å². The van der Waals surface area contributed by atoms with E-state index in [9.17, 15) is 24.1 Å². The van der Waals surface area contributed by atoms with Crippen molar-refractivity contribution >= 4 is 34.0 Å². The molecule has 1 unspecified atom stereocenters. The van der Waals surface area contributed by atoms with Crippen LogP contribution in [0.2, 0.25) is 0 Å². The molecule has 3 aromatic carbocycles. The molecule has 0 radical (unpaired) electrons. The highest BCUT2D eigenvalue weighted by Gasteiger charge is 2.20. The minimum absolute atomic E-state index is 0.00278. The molecule has 9 heteroatoms. The summed E-state index contributed by atoms with van der Waals surface area (Å²) >= 11 is 0. The van der Waals surface area contributed by atoms with Crippen molar-refractivity contribution in [2.75, 3.05) is 11.9 Å². The summed E-state index contributed by atoms with van der Waals surface area (Å²) in [5.74, 6) is -2.02. The van der Waals surface area contributed by atoms with Crippen LogP contribution in [0.1, 0.15) is 6.92 Å². The molecular formula is C21H17FN2O6. The molecule has 3 aromatic rings. The highest BCUT2D eigenvalue weighted by molar-refractivity contribution is 5.95. The summed E-state index contributed by atoms with van der Waals surface area (Å²) in [5, 5.41) is 14.9. The van der Waals surface area contributed by atoms with Gasteiger partial charge in [-0.3, -0.25) is 14.9 Å². The zero-order valence-electron chi connectivity index (χ0n) is 15.8. The predicted octanol–water partition coefficient (Wildman–Crippen LogP) is 3.84. The Morgan fingerprint density at radius 3 is 2.63 bits per heavy atom. The van der Waals surface area contributed by atoms with Gasteiger partial charge in [-0.25, -0.2) is 4.79 Å². The summed E-state index contributed by atoms with van der Waals surface area (Å²) < 4.78 is 23.9. The Bertz CT molecular complexity index is 1110. The number of carbonyl (C=O) groups excluding carboxylic acids is 2. The number of carbonyl (C=O) groups is 2. The molecular weight excluding hydrogens is 395 g/mol. The van der Waals surface area contributed by atoms with E-state index >= 15 is 0 Å². The van der Waals surface area contributed by atoms with Crippen molar-refractivity contribution in [3.8, 4) is 5.75 Å². The second kappa shape index (κ2) is 8.99. The largest absolute Gasteiger partial charge is 0.481 e. The molecule has 1 atom stereocenters. The zero-order valence-corrected chi connectivity index (χ0v) is 15.8. The molecule has 30 heavy (non-hydrogen) atoms. The maximum atomic E-state index is 13.4. The molecule has 0 saturated heterocycles. The molecule has 0 aromatic heterocycles. The van der Waals surface area contributed by atoms with Gasteiger partial charge in [-0.15, -0.1) is 0 Å². The van der Waals surface area contributed by atoms with Gasteiger partial charge in [0.25, 0.3) is 5.91 Å². The number of fused-ring (bicyclic) bond motifs is 1. The summed E-state index contributed by atoms with van der Waals surface area (Å²) in [6.45, 7) is 0.927. The van der Waals surface area contributed by atoms with Crippen molar-refractivity contribution < 1.29 is 28.4 Å². The summed E-state index contributed by atoms with van der Waals surface area (Å²) in [7, 11) is 0. The van der Waals surface area contributed by atoms with E-state index in [2.05, 4.69) is 5.32 Å². The number of hydrogen-bond acceptors (Lipinski definition) is 6. The summed E-state index contributed by atoms with van der Waals surface area (Å²) in [6, 6.07) is 15.8. The van der Waals surface area contributed by atoms with Crippen LogP contribution in [-0.2, 0) is 14.3 Å². The Kier molecular flexibility index (Phi) is 6.21. The Morgan fingerprint density at radius 1 is 1.13 bits per heavy atom. The Morgan fingerprint density at radius 2 is 1.87 bits per heavy atom. The van der Waals surface area contributed by atoms with Gasteiger partial charge in [0, 0.05) is 17.1 Å². The fraction of sp³-hybridized carbons (Fsp3) is 0.143. The van der Waals surface area contributed by atoms with Gasteiger partial charge in [0.1, 0.15) is 5.75 Å². The SMILES string of the molecule is CC(OC(=O)COc1cccc2ccccc12)C(=O)Nc1ccc(F)c([N+](=O)[O-])c1. The van der Waals surface area contributed by atoms with Crippen LogP contribution in [0.15, 0.2) is 60.7 Å². The molecule has 1 N–H and O–H groups in total. The molecule has 3 rings (SSSR count). The van der Waals surface area contributed by atoms with Crippen LogP contribution >= 0.6 is 0 Å². The van der Waals surface area contributed by atoms with Crippen molar-refractivity contribution in [2.45, 2.75) is 13.0 Å². The quantitative estimate of drug-likeness (QED) is 0.359. The number of nitrogens with zero attached hydrogens (tertiary/aromatic N) is 1. The Balaban J connectivity index is 1.57. The number of nitro groups is 1. The van der Waals surface area contributed by atoms with Crippen LogP contribution in [0.5, 0.6) is 5.75 Å². The molecule has 0 aliphatic heterocycles. The maximum Gasteiger partial charge on any atom is 0.344 e. The average Bonchev–Trinajstić information content (AvgIpc) is 2.73. The first kappa shape index (κ1) is 20.7. The van der Waals surface area contributed by atoms with Gasteiger partial charge in [0.05, 0.1) is 4.92 Å². The number of rotatable bonds is 7. The molecule has 1 amide bonds. The molecule has 0 bridgehead atoms. The number of amides is 1. The van der Waals surface area contributed by atoms with Crippen molar-refractivity contribution in [3.63, 3.8) is 0 Å². The van der Waals surface area contributed by atoms with E-state index in [1.54, 1.807) is 12.1 Å². The minimum atomic E-state index is -1.20. The number of hydrogen-bond donors (Lipinski definition) is 1. The van der Waals surface area contributed by atoms with Crippen molar-refractivity contribution in [1.82, 2.24) is 0 Å². The second-order valence-electron chi connectivity index (χ2n) is 6.31. The molecule has 0 heterocycles. The van der Waals surface area contributed by atoms with Gasteiger partial charge in [0.15, 0.2) is 12.7 Å². The van der Waals surface area contributed by atoms with E-state index in [4.69, 9.17) is 9.47 Å². The molecule has 0 spiro atoms. The van der Waals surface area contributed by atoms with Gasteiger partial charge in [-0.05, 0) is 30.5 Å². The van der Waals surface area contributed by atoms with Gasteiger partial charge in [-0.1, -0.05) is 36.4 Å². The smallest absolute Gasteiger partial charge is 0.344 e. The van der Waals surface area contributed by atoms with Crippen molar-refractivity contribution in [1.29, 1.82) is 0 Å². The van der Waals surface area contributed by atoms with Gasteiger partial charge >= 0.3 is 11.7 Å². The molecule has 0 fully saturated rings. The monoisotopic (exact) mass is 412 g/mol. The first-order chi connectivity index (χ1) is 14.3. The van der Waals surface area contributed by atoms with Crippen molar-refractivity contribution in [3.05, 3.63) is 76.6 Å². The summed E-state index contributed by atoms with van der Waals surface area (Å²) in [6.07, 6.45) is -1.20. The highest BCUT2D eigenvalue weighted by Crippen LogP contribution is 2.25. The van der Waals surface area contributed by atoms with Crippen LogP contribution < -0.4 is 10.1 Å². The number of benzene rings is 3. The lowest BCUT2D eigenvalue weighted by molar-refractivity contribution is -0.387. The molecule has 8 nitrogen and oxygen atoms in total. The van der Waals surface area contributed by atoms with E-state index in [1.807, 2.05) is 30.3 Å². The van der Waals surface area contributed by atoms with E-state index in [1.165, 1.54) is 13.0 Å². The van der Waals surface area contributed by atoms with Crippen LogP contribution in [-0.4, -0.2) is 29.5 Å². The molecule has 154 valence electrons. The minimum Gasteiger partial charge on any atom is -0.481 e. The summed E-state index contributed by atoms with van der Waals surface area (Å²) in [5.41, 5.74) is -0.774. The number of nitro benzene ring substituents is 1. The third kappa shape index (κ3) is 4.88. The number of anilines is 1. The molecule has 0 saturated carbocycles. The predicted molar refractivity (Wildman–Crippen MR) is 107 cm³/mol. The first-order valence-electron chi connectivity index (χ1n) is 8.90. The van der Waals surface area contributed by atoms with Gasteiger partial charge in [0.2, 0.25) is 5.82 Å². The normalized spacial score (nSPS) is 11.5. The fourth-order valence-electron chi connectivity index (χ4n) is 2.72. The Labute approximate surface area is 170 Å². The highest BCUT2D eigenvalue weighted by atomic mass is 19.1. The van der Waals surface area contributed by atoms with Gasteiger partial charge < -0.3 is 14.8 Å². The molecule has 0 aliphatic carbocycles. The third-order valence-corrected chi connectivity index (χ3v) is 4.18. The van der Waals surface area contributed by atoms with E-state index < -0.39 is 41.0 Å². The average molecular weight is 412 g/mol. The van der Waals surface area contributed by atoms with Crippen LogP contribution in [0.25, 0.3) is 10.8 Å². The lowest BCUT2D eigenvalue weighted by Crippen LogP contribution is -2.31. The maximum absolute atomic E-state index is 13.4. The third-order valence-electron chi connectivity index (χ3n) is 4.18.